The molecule has 13 heavy (non-hydrogen) atoms. The summed E-state index contributed by atoms with van der Waals surface area (Å²) in [5, 5.41) is 8.58. The molecule has 0 unspecified atom stereocenters. The maximum atomic E-state index is 13.1. The van der Waals surface area contributed by atoms with Gasteiger partial charge in [0, 0.05) is 18.2 Å². The maximum absolute atomic E-state index is 13.1. The second kappa shape index (κ2) is 4.94. The topological polar surface area (TPSA) is 46.2 Å². The van der Waals surface area contributed by atoms with Crippen molar-refractivity contribution in [1.82, 2.24) is 0 Å². The van der Waals surface area contributed by atoms with Crippen molar-refractivity contribution in [3.05, 3.63) is 35.6 Å². The molecule has 1 rings (SSSR count). The number of hydrogen-bond acceptors (Lipinski definition) is 2. The fraction of sp³-hybridized carbons (Fsp3) is 0.400. The van der Waals surface area contributed by atoms with Crippen molar-refractivity contribution >= 4 is 0 Å². The average molecular weight is 183 g/mol. The predicted octanol–water partition coefficient (Wildman–Crippen LogP) is 1.60. The molecule has 0 spiro atoms. The number of benzene rings is 1. The van der Waals surface area contributed by atoms with Crippen LogP contribution in [0.25, 0.3) is 0 Å². The molecule has 1 aromatic rings. The summed E-state index contributed by atoms with van der Waals surface area (Å²) in [6.07, 6.45) is 1.22. The molecule has 72 valence electrons. The quantitative estimate of drug-likeness (QED) is 0.744. The lowest BCUT2D eigenvalue weighted by molar-refractivity contribution is 0.279. The van der Waals surface area contributed by atoms with E-state index in [1.807, 2.05) is 0 Å². The molecular weight excluding hydrogens is 169 g/mol. The summed E-state index contributed by atoms with van der Waals surface area (Å²) in [5.41, 5.74) is 6.25. The van der Waals surface area contributed by atoms with Crippen molar-refractivity contribution in [1.29, 1.82) is 0 Å². The zero-order valence-electron chi connectivity index (χ0n) is 7.41. The summed E-state index contributed by atoms with van der Waals surface area (Å²) >= 11 is 0. The van der Waals surface area contributed by atoms with Gasteiger partial charge < -0.3 is 10.8 Å². The van der Waals surface area contributed by atoms with Crippen molar-refractivity contribution in [3.63, 3.8) is 0 Å². The van der Waals surface area contributed by atoms with Crippen LogP contribution in [0.2, 0.25) is 0 Å². The summed E-state index contributed by atoms with van der Waals surface area (Å²) in [6, 6.07) is 6.16. The van der Waals surface area contributed by atoms with Gasteiger partial charge in [-0.05, 0) is 18.9 Å². The fourth-order valence-electron chi connectivity index (χ4n) is 1.24. The van der Waals surface area contributed by atoms with E-state index < -0.39 is 0 Å². The molecule has 0 fully saturated rings. The number of halogens is 1. The summed E-state index contributed by atoms with van der Waals surface area (Å²) in [4.78, 5) is 0. The SMILES string of the molecule is N[C@H](CCCO)c1ccccc1F. The number of aliphatic hydroxyl groups excluding tert-OH is 1. The minimum Gasteiger partial charge on any atom is -0.396 e. The first-order chi connectivity index (χ1) is 6.25. The van der Waals surface area contributed by atoms with Crippen LogP contribution in [0.4, 0.5) is 4.39 Å². The monoisotopic (exact) mass is 183 g/mol. The molecule has 3 N–H and O–H groups in total. The molecule has 3 heteroatoms. The Balaban J connectivity index is 2.65. The van der Waals surface area contributed by atoms with Crippen LogP contribution < -0.4 is 5.73 Å². The maximum Gasteiger partial charge on any atom is 0.127 e. The molecular formula is C10H14FNO. The molecule has 1 aromatic carbocycles. The van der Waals surface area contributed by atoms with E-state index in [0.717, 1.165) is 0 Å². The van der Waals surface area contributed by atoms with Crippen LogP contribution in [0, 0.1) is 5.82 Å². The molecule has 0 amide bonds. The van der Waals surface area contributed by atoms with E-state index >= 15 is 0 Å². The Kier molecular flexibility index (Phi) is 3.86. The lowest BCUT2D eigenvalue weighted by Gasteiger charge is -2.11. The third kappa shape index (κ3) is 2.79. The summed E-state index contributed by atoms with van der Waals surface area (Å²) < 4.78 is 13.1. The van der Waals surface area contributed by atoms with Gasteiger partial charge in [0.25, 0.3) is 0 Å². The van der Waals surface area contributed by atoms with Gasteiger partial charge in [-0.25, -0.2) is 4.39 Å². The molecule has 0 saturated heterocycles. The molecule has 2 nitrogen and oxygen atoms in total. The molecule has 0 aromatic heterocycles. The van der Waals surface area contributed by atoms with E-state index in [-0.39, 0.29) is 18.5 Å². The van der Waals surface area contributed by atoms with Crippen LogP contribution in [0.15, 0.2) is 24.3 Å². The second-order valence-electron chi connectivity index (χ2n) is 2.99. The first-order valence-electron chi connectivity index (χ1n) is 4.36. The highest BCUT2D eigenvalue weighted by Crippen LogP contribution is 2.18. The van der Waals surface area contributed by atoms with Gasteiger partial charge in [0.15, 0.2) is 0 Å². The number of hydrogen-bond donors (Lipinski definition) is 2. The number of rotatable bonds is 4. The molecule has 0 aliphatic rings. The van der Waals surface area contributed by atoms with Crippen LogP contribution >= 0.6 is 0 Å². The fourth-order valence-corrected chi connectivity index (χ4v) is 1.24. The van der Waals surface area contributed by atoms with Crippen molar-refractivity contribution in [2.24, 2.45) is 5.73 Å². The number of nitrogens with two attached hydrogens (primary N) is 1. The molecule has 0 aliphatic heterocycles. The van der Waals surface area contributed by atoms with Gasteiger partial charge >= 0.3 is 0 Å². The largest absolute Gasteiger partial charge is 0.396 e. The first-order valence-corrected chi connectivity index (χ1v) is 4.36. The lowest BCUT2D eigenvalue weighted by Crippen LogP contribution is -2.12. The third-order valence-electron chi connectivity index (χ3n) is 1.98. The molecule has 0 aliphatic carbocycles. The first kappa shape index (κ1) is 10.2. The molecule has 0 saturated carbocycles. The highest BCUT2D eigenvalue weighted by Gasteiger charge is 2.09. The van der Waals surface area contributed by atoms with E-state index in [1.165, 1.54) is 6.07 Å². The standard InChI is InChI=1S/C10H14FNO/c11-9-5-2-1-4-8(9)10(12)6-3-7-13/h1-2,4-5,10,13H,3,6-7,12H2/t10-/m1/s1. The predicted molar refractivity (Wildman–Crippen MR) is 49.6 cm³/mol. The van der Waals surface area contributed by atoms with Crippen molar-refractivity contribution in [3.8, 4) is 0 Å². The van der Waals surface area contributed by atoms with Crippen LogP contribution in [0.5, 0.6) is 0 Å². The highest BCUT2D eigenvalue weighted by molar-refractivity contribution is 5.20. The van der Waals surface area contributed by atoms with Gasteiger partial charge in [0.2, 0.25) is 0 Å². The van der Waals surface area contributed by atoms with Gasteiger partial charge in [0.05, 0.1) is 0 Å². The van der Waals surface area contributed by atoms with Gasteiger partial charge in [0.1, 0.15) is 5.82 Å². The van der Waals surface area contributed by atoms with Crippen LogP contribution in [0.3, 0.4) is 0 Å². The number of aliphatic hydroxyl groups is 1. The Hall–Kier alpha value is -0.930. The molecule has 1 atom stereocenters. The van der Waals surface area contributed by atoms with Gasteiger partial charge in [-0.2, -0.15) is 0 Å². The summed E-state index contributed by atoms with van der Waals surface area (Å²) in [6.45, 7) is 0.0994. The van der Waals surface area contributed by atoms with Gasteiger partial charge in [-0.3, -0.25) is 0 Å². The van der Waals surface area contributed by atoms with Gasteiger partial charge in [-0.1, -0.05) is 18.2 Å². The van der Waals surface area contributed by atoms with Crippen LogP contribution in [-0.2, 0) is 0 Å². The lowest BCUT2D eigenvalue weighted by atomic mass is 10.0. The summed E-state index contributed by atoms with van der Waals surface area (Å²) in [7, 11) is 0. The second-order valence-corrected chi connectivity index (χ2v) is 2.99. The Bertz CT molecular complexity index is 265. The van der Waals surface area contributed by atoms with Crippen molar-refractivity contribution < 1.29 is 9.50 Å². The van der Waals surface area contributed by atoms with Crippen molar-refractivity contribution in [2.45, 2.75) is 18.9 Å². The average Bonchev–Trinajstić information content (AvgIpc) is 2.15. The van der Waals surface area contributed by atoms with E-state index in [9.17, 15) is 4.39 Å². The smallest absolute Gasteiger partial charge is 0.127 e. The molecule has 0 heterocycles. The minimum atomic E-state index is -0.312. The zero-order chi connectivity index (χ0) is 9.68. The Morgan fingerprint density at radius 1 is 1.38 bits per heavy atom. The third-order valence-corrected chi connectivity index (χ3v) is 1.98. The molecule has 0 bridgehead atoms. The van der Waals surface area contributed by atoms with E-state index in [0.29, 0.717) is 18.4 Å². The normalized spacial score (nSPS) is 12.8. The van der Waals surface area contributed by atoms with Crippen molar-refractivity contribution in [2.75, 3.05) is 6.61 Å². The van der Waals surface area contributed by atoms with E-state index in [2.05, 4.69) is 0 Å². The minimum absolute atomic E-state index is 0.0994. The highest BCUT2D eigenvalue weighted by atomic mass is 19.1. The van der Waals surface area contributed by atoms with E-state index in [1.54, 1.807) is 18.2 Å². The summed E-state index contributed by atoms with van der Waals surface area (Å²) in [5.74, 6) is -0.270. The van der Waals surface area contributed by atoms with Crippen LogP contribution in [-0.4, -0.2) is 11.7 Å². The Labute approximate surface area is 77.2 Å². The Morgan fingerprint density at radius 3 is 2.69 bits per heavy atom. The van der Waals surface area contributed by atoms with Crippen LogP contribution in [0.1, 0.15) is 24.4 Å². The Morgan fingerprint density at radius 2 is 2.08 bits per heavy atom. The molecule has 0 radical (unpaired) electrons. The zero-order valence-corrected chi connectivity index (χ0v) is 7.41. The van der Waals surface area contributed by atoms with Gasteiger partial charge in [-0.15, -0.1) is 0 Å². The van der Waals surface area contributed by atoms with E-state index in [4.69, 9.17) is 10.8 Å².